The number of nitrogens with one attached hydrogen (secondary N) is 1. The molecule has 0 radical (unpaired) electrons. The summed E-state index contributed by atoms with van der Waals surface area (Å²) in [4.78, 5) is 1.86. The normalized spacial score (nSPS) is 13.1. The van der Waals surface area contributed by atoms with E-state index in [-0.39, 0.29) is 6.54 Å². The summed E-state index contributed by atoms with van der Waals surface area (Å²) in [6.07, 6.45) is 0.496. The molecule has 5 nitrogen and oxygen atoms in total. The predicted octanol–water partition coefficient (Wildman–Crippen LogP) is 1.23. The first-order valence-electron chi connectivity index (χ1n) is 5.90. The molecule has 0 saturated carbocycles. The van der Waals surface area contributed by atoms with Crippen LogP contribution >= 0.6 is 0 Å². The number of hydrogen-bond donors (Lipinski definition) is 2. The van der Waals surface area contributed by atoms with Crippen molar-refractivity contribution in [3.05, 3.63) is 24.3 Å². The molecule has 0 aliphatic heterocycles. The Morgan fingerprint density at radius 3 is 2.44 bits per heavy atom. The van der Waals surface area contributed by atoms with E-state index in [1.54, 1.807) is 12.1 Å². The molecule has 6 heteroatoms. The van der Waals surface area contributed by atoms with E-state index in [1.807, 2.05) is 38.1 Å². The van der Waals surface area contributed by atoms with E-state index in [9.17, 15) is 8.42 Å². The average molecular weight is 271 g/mol. The molecule has 1 aromatic rings. The number of sulfonamides is 1. The van der Waals surface area contributed by atoms with Crippen molar-refractivity contribution in [2.24, 2.45) is 5.73 Å². The van der Waals surface area contributed by atoms with Crippen LogP contribution in [0.2, 0.25) is 0 Å². The quantitative estimate of drug-likeness (QED) is 0.816. The summed E-state index contributed by atoms with van der Waals surface area (Å²) < 4.78 is 26.9. The third kappa shape index (κ3) is 3.36. The van der Waals surface area contributed by atoms with Gasteiger partial charge < -0.3 is 10.6 Å². The van der Waals surface area contributed by atoms with Crippen LogP contribution < -0.4 is 15.4 Å². The van der Waals surface area contributed by atoms with Crippen LogP contribution in [0.4, 0.5) is 11.4 Å². The molecule has 102 valence electrons. The van der Waals surface area contributed by atoms with Crippen molar-refractivity contribution in [2.45, 2.75) is 18.6 Å². The van der Waals surface area contributed by atoms with Crippen molar-refractivity contribution in [1.29, 1.82) is 0 Å². The highest BCUT2D eigenvalue weighted by molar-refractivity contribution is 7.93. The smallest absolute Gasteiger partial charge is 0.236 e. The molecule has 18 heavy (non-hydrogen) atoms. The summed E-state index contributed by atoms with van der Waals surface area (Å²) in [5, 5.41) is -0.562. The Bertz CT molecular complexity index is 482. The molecule has 3 N–H and O–H groups in total. The van der Waals surface area contributed by atoms with E-state index in [0.29, 0.717) is 12.1 Å². The fraction of sp³-hybridized carbons (Fsp3) is 0.500. The van der Waals surface area contributed by atoms with Crippen LogP contribution in [0.15, 0.2) is 24.3 Å². The second-order valence-corrected chi connectivity index (χ2v) is 6.29. The van der Waals surface area contributed by atoms with Crippen molar-refractivity contribution in [3.8, 4) is 0 Å². The lowest BCUT2D eigenvalue weighted by Crippen LogP contribution is -2.34. The summed E-state index contributed by atoms with van der Waals surface area (Å²) in [6.45, 7) is 1.94. The minimum Gasteiger partial charge on any atom is -0.376 e. The van der Waals surface area contributed by atoms with Gasteiger partial charge in [-0.05, 0) is 18.6 Å². The summed E-state index contributed by atoms with van der Waals surface area (Å²) >= 11 is 0. The lowest BCUT2D eigenvalue weighted by atomic mass is 10.2. The average Bonchev–Trinajstić information content (AvgIpc) is 2.29. The Labute approximate surface area is 109 Å². The SMILES string of the molecule is CCC(CN)S(=O)(=O)Nc1ccccc1N(C)C. The van der Waals surface area contributed by atoms with Crippen LogP contribution in [0.5, 0.6) is 0 Å². The van der Waals surface area contributed by atoms with Gasteiger partial charge in [-0.25, -0.2) is 8.42 Å². The van der Waals surface area contributed by atoms with Gasteiger partial charge in [0.1, 0.15) is 0 Å². The molecule has 1 aromatic carbocycles. The molecule has 1 rings (SSSR count). The third-order valence-corrected chi connectivity index (χ3v) is 4.70. The zero-order valence-electron chi connectivity index (χ0n) is 11.1. The standard InChI is InChI=1S/C12H21N3O2S/c1-4-10(9-13)18(16,17)14-11-7-5-6-8-12(11)15(2)3/h5-8,10,14H,4,9,13H2,1-3H3. The minimum absolute atomic E-state index is 0.121. The highest BCUT2D eigenvalue weighted by Gasteiger charge is 2.23. The fourth-order valence-electron chi connectivity index (χ4n) is 1.70. The monoisotopic (exact) mass is 271 g/mol. The first-order chi connectivity index (χ1) is 8.42. The lowest BCUT2D eigenvalue weighted by molar-refractivity contribution is 0.581. The van der Waals surface area contributed by atoms with Crippen LogP contribution in [-0.2, 0) is 10.0 Å². The molecule has 1 unspecified atom stereocenters. The Hall–Kier alpha value is -1.27. The van der Waals surface area contributed by atoms with Gasteiger partial charge in [0.25, 0.3) is 0 Å². The Kier molecular flexibility index (Phi) is 4.98. The largest absolute Gasteiger partial charge is 0.376 e. The Morgan fingerprint density at radius 1 is 1.33 bits per heavy atom. The van der Waals surface area contributed by atoms with Crippen molar-refractivity contribution in [3.63, 3.8) is 0 Å². The van der Waals surface area contributed by atoms with E-state index in [4.69, 9.17) is 5.73 Å². The summed E-state index contributed by atoms with van der Waals surface area (Å²) in [7, 11) is 0.304. The van der Waals surface area contributed by atoms with Gasteiger partial charge in [0, 0.05) is 20.6 Å². The van der Waals surface area contributed by atoms with E-state index in [1.165, 1.54) is 0 Å². The predicted molar refractivity (Wildman–Crippen MR) is 76.4 cm³/mol. The molecule has 0 bridgehead atoms. The zero-order valence-corrected chi connectivity index (χ0v) is 11.9. The molecular weight excluding hydrogens is 250 g/mol. The van der Waals surface area contributed by atoms with Crippen molar-refractivity contribution in [1.82, 2.24) is 0 Å². The zero-order chi connectivity index (χ0) is 13.8. The van der Waals surface area contributed by atoms with Gasteiger partial charge in [0.15, 0.2) is 0 Å². The Morgan fingerprint density at radius 2 is 1.94 bits per heavy atom. The minimum atomic E-state index is -3.43. The maximum absolute atomic E-state index is 12.1. The van der Waals surface area contributed by atoms with Crippen molar-refractivity contribution < 1.29 is 8.42 Å². The highest BCUT2D eigenvalue weighted by atomic mass is 32.2. The lowest BCUT2D eigenvalue weighted by Gasteiger charge is -2.20. The van der Waals surface area contributed by atoms with E-state index >= 15 is 0 Å². The maximum Gasteiger partial charge on any atom is 0.236 e. The molecule has 0 fully saturated rings. The molecule has 0 aromatic heterocycles. The van der Waals surface area contributed by atoms with Crippen LogP contribution in [-0.4, -0.2) is 34.3 Å². The van der Waals surface area contributed by atoms with Gasteiger partial charge in [-0.15, -0.1) is 0 Å². The second-order valence-electron chi connectivity index (χ2n) is 4.32. The summed E-state index contributed by atoms with van der Waals surface area (Å²) in [5.74, 6) is 0. The molecule has 0 aliphatic rings. The number of anilines is 2. The molecule has 0 amide bonds. The number of para-hydroxylation sites is 2. The number of benzene rings is 1. The van der Waals surface area contributed by atoms with Gasteiger partial charge in [0.05, 0.1) is 16.6 Å². The third-order valence-electron chi connectivity index (χ3n) is 2.80. The summed E-state index contributed by atoms with van der Waals surface area (Å²) in [5.41, 5.74) is 6.90. The molecule has 0 heterocycles. The maximum atomic E-state index is 12.1. The van der Waals surface area contributed by atoms with Crippen LogP contribution in [0, 0.1) is 0 Å². The first kappa shape index (κ1) is 14.8. The fourth-order valence-corrected chi connectivity index (χ4v) is 3.04. The van der Waals surface area contributed by atoms with Gasteiger partial charge in [-0.1, -0.05) is 19.1 Å². The van der Waals surface area contributed by atoms with Gasteiger partial charge in [0.2, 0.25) is 10.0 Å². The van der Waals surface area contributed by atoms with Crippen molar-refractivity contribution in [2.75, 3.05) is 30.3 Å². The number of hydrogen-bond acceptors (Lipinski definition) is 4. The number of rotatable bonds is 6. The number of nitrogens with zero attached hydrogens (tertiary/aromatic N) is 1. The van der Waals surface area contributed by atoms with Gasteiger partial charge >= 0.3 is 0 Å². The van der Waals surface area contributed by atoms with E-state index < -0.39 is 15.3 Å². The van der Waals surface area contributed by atoms with Crippen LogP contribution in [0.1, 0.15) is 13.3 Å². The molecular formula is C12H21N3O2S. The second kappa shape index (κ2) is 6.06. The van der Waals surface area contributed by atoms with E-state index in [0.717, 1.165) is 5.69 Å². The number of nitrogens with two attached hydrogens (primary N) is 1. The van der Waals surface area contributed by atoms with Crippen LogP contribution in [0.25, 0.3) is 0 Å². The molecule has 0 saturated heterocycles. The van der Waals surface area contributed by atoms with E-state index in [2.05, 4.69) is 4.72 Å². The molecule has 0 spiro atoms. The van der Waals surface area contributed by atoms with Crippen molar-refractivity contribution >= 4 is 21.4 Å². The first-order valence-corrected chi connectivity index (χ1v) is 7.45. The van der Waals surface area contributed by atoms with Crippen LogP contribution in [0.3, 0.4) is 0 Å². The van der Waals surface area contributed by atoms with Gasteiger partial charge in [-0.2, -0.15) is 0 Å². The molecule has 0 aliphatic carbocycles. The Balaban J connectivity index is 3.04. The summed E-state index contributed by atoms with van der Waals surface area (Å²) in [6, 6.07) is 7.28. The molecule has 1 atom stereocenters. The topological polar surface area (TPSA) is 75.4 Å². The highest BCUT2D eigenvalue weighted by Crippen LogP contribution is 2.25. The van der Waals surface area contributed by atoms with Gasteiger partial charge in [-0.3, -0.25) is 4.72 Å².